The van der Waals surface area contributed by atoms with Crippen molar-refractivity contribution in [2.75, 3.05) is 0 Å². The van der Waals surface area contributed by atoms with Crippen LogP contribution in [-0.4, -0.2) is 50.2 Å². The molecular weight excluding hydrogens is 315 g/mol. The van der Waals surface area contributed by atoms with Crippen LogP contribution in [0.4, 0.5) is 0 Å². The fourth-order valence-electron chi connectivity index (χ4n) is 2.15. The molecule has 1 heterocycles. The van der Waals surface area contributed by atoms with Gasteiger partial charge in [0.2, 0.25) is 0 Å². The second-order valence-corrected chi connectivity index (χ2v) is 5.05. The number of aromatic carboxylic acids is 1. The van der Waals surface area contributed by atoms with Gasteiger partial charge in [0.15, 0.2) is 0 Å². The maximum atomic E-state index is 12.1. The number of rotatable bonds is 6. The summed E-state index contributed by atoms with van der Waals surface area (Å²) in [5.74, 6) is -3.48. The van der Waals surface area contributed by atoms with Crippen LogP contribution in [-0.2, 0) is 6.42 Å². The monoisotopic (exact) mass is 330 g/mol. The van der Waals surface area contributed by atoms with Crippen molar-refractivity contribution in [2.45, 2.75) is 12.4 Å². The van der Waals surface area contributed by atoms with Crippen LogP contribution < -0.4 is 5.32 Å². The molecule has 2 rings (SSSR count). The van der Waals surface area contributed by atoms with Gasteiger partial charge in [-0.3, -0.25) is 9.78 Å². The van der Waals surface area contributed by atoms with Crippen LogP contribution in [0, 0.1) is 0 Å². The van der Waals surface area contributed by atoms with Gasteiger partial charge in [-0.05, 0) is 30.2 Å². The number of hydrogen-bond acceptors (Lipinski definition) is 6. The number of nitrogens with zero attached hydrogens (tertiary/aromatic N) is 1. The maximum Gasteiger partial charge on any atom is 0.475 e. The Labute approximate surface area is 137 Å². The summed E-state index contributed by atoms with van der Waals surface area (Å²) in [4.78, 5) is 26.9. The molecule has 0 aliphatic heterocycles. The van der Waals surface area contributed by atoms with Crippen molar-refractivity contribution in [3.05, 3.63) is 59.4 Å². The van der Waals surface area contributed by atoms with Gasteiger partial charge in [0.25, 0.3) is 5.91 Å². The van der Waals surface area contributed by atoms with Crippen molar-refractivity contribution in [1.82, 2.24) is 10.3 Å². The molecular formula is C15H15BN2O6. The average molecular weight is 330 g/mol. The highest BCUT2D eigenvalue weighted by Gasteiger charge is 2.27. The van der Waals surface area contributed by atoms with Crippen LogP contribution in [0.3, 0.4) is 0 Å². The fourth-order valence-corrected chi connectivity index (χ4v) is 2.15. The third-order valence-electron chi connectivity index (χ3n) is 3.41. The van der Waals surface area contributed by atoms with Crippen molar-refractivity contribution < 1.29 is 29.9 Å². The molecule has 24 heavy (non-hydrogen) atoms. The molecule has 0 spiro atoms. The smallest absolute Gasteiger partial charge is 0.475 e. The number of carboxylic acids is 1. The van der Waals surface area contributed by atoms with Crippen molar-refractivity contribution in [3.63, 3.8) is 0 Å². The number of aromatic nitrogens is 1. The molecule has 0 saturated carbocycles. The standard InChI is InChI=1S/C15H15BN2O6/c19-13-10(2-1-3-11(13)15(21)22)8-12(16(23)24)18-14(20)9-4-6-17-7-5-9/h1-7,12,19,23-24H,8H2,(H,18,20)(H,21,22)/t12-/m0/s1. The molecule has 0 fully saturated rings. The first-order chi connectivity index (χ1) is 11.4. The number of pyridine rings is 1. The van der Waals surface area contributed by atoms with Crippen LogP contribution >= 0.6 is 0 Å². The Morgan fingerprint density at radius 2 is 1.83 bits per heavy atom. The van der Waals surface area contributed by atoms with Gasteiger partial charge in [0.1, 0.15) is 11.3 Å². The van der Waals surface area contributed by atoms with E-state index in [1.165, 1.54) is 42.7 Å². The number of benzene rings is 1. The van der Waals surface area contributed by atoms with E-state index in [0.29, 0.717) is 0 Å². The number of hydrogen-bond donors (Lipinski definition) is 5. The number of carbonyl (C=O) groups is 2. The third kappa shape index (κ3) is 4.09. The Balaban J connectivity index is 2.19. The van der Waals surface area contributed by atoms with Gasteiger partial charge in [0, 0.05) is 18.0 Å². The summed E-state index contributed by atoms with van der Waals surface area (Å²) in [6.07, 6.45) is 2.67. The van der Waals surface area contributed by atoms with Gasteiger partial charge in [0.05, 0.1) is 5.94 Å². The Hall–Kier alpha value is -2.91. The predicted octanol–water partition coefficient (Wildman–Crippen LogP) is -0.162. The van der Waals surface area contributed by atoms with E-state index in [9.17, 15) is 24.7 Å². The van der Waals surface area contributed by atoms with Crippen molar-refractivity contribution in [2.24, 2.45) is 0 Å². The summed E-state index contributed by atoms with van der Waals surface area (Å²) in [5, 5.41) is 40.3. The Kier molecular flexibility index (Phi) is 5.51. The molecule has 124 valence electrons. The molecule has 1 aromatic carbocycles. The summed E-state index contributed by atoms with van der Waals surface area (Å²) >= 11 is 0. The second kappa shape index (κ2) is 7.58. The zero-order valence-electron chi connectivity index (χ0n) is 12.5. The molecule has 8 nitrogen and oxygen atoms in total. The minimum absolute atomic E-state index is 0.165. The van der Waals surface area contributed by atoms with Crippen LogP contribution in [0.1, 0.15) is 26.3 Å². The molecule has 0 unspecified atom stereocenters. The first-order valence-electron chi connectivity index (χ1n) is 7.01. The van der Waals surface area contributed by atoms with Crippen molar-refractivity contribution in [3.8, 4) is 5.75 Å². The van der Waals surface area contributed by atoms with Crippen LogP contribution in [0.5, 0.6) is 5.75 Å². The molecule has 1 aromatic heterocycles. The summed E-state index contributed by atoms with van der Waals surface area (Å²) in [5.41, 5.74) is 0.140. The van der Waals surface area contributed by atoms with E-state index in [2.05, 4.69) is 10.3 Å². The van der Waals surface area contributed by atoms with Crippen LogP contribution in [0.15, 0.2) is 42.7 Å². The lowest BCUT2D eigenvalue weighted by molar-refractivity contribution is 0.0693. The highest BCUT2D eigenvalue weighted by atomic mass is 16.4. The van der Waals surface area contributed by atoms with E-state index < -0.39 is 30.7 Å². The maximum absolute atomic E-state index is 12.1. The number of para-hydroxylation sites is 1. The topological polar surface area (TPSA) is 140 Å². The lowest BCUT2D eigenvalue weighted by atomic mass is 9.75. The normalized spacial score (nSPS) is 11.6. The Morgan fingerprint density at radius 3 is 2.42 bits per heavy atom. The highest BCUT2D eigenvalue weighted by Crippen LogP contribution is 2.24. The molecule has 0 aliphatic rings. The molecule has 5 N–H and O–H groups in total. The zero-order valence-corrected chi connectivity index (χ0v) is 12.5. The average Bonchev–Trinajstić information content (AvgIpc) is 2.56. The molecule has 1 atom stereocenters. The second-order valence-electron chi connectivity index (χ2n) is 5.05. The molecule has 0 aliphatic carbocycles. The van der Waals surface area contributed by atoms with Gasteiger partial charge >= 0.3 is 13.1 Å². The number of amides is 1. The fraction of sp³-hybridized carbons (Fsp3) is 0.133. The lowest BCUT2D eigenvalue weighted by Crippen LogP contribution is -2.47. The SMILES string of the molecule is O=C(N[C@@H](Cc1cccc(C(=O)O)c1O)B(O)O)c1ccncc1. The zero-order chi connectivity index (χ0) is 17.7. The molecule has 2 aromatic rings. The number of nitrogens with one attached hydrogen (secondary N) is 1. The van der Waals surface area contributed by atoms with Gasteiger partial charge in [-0.2, -0.15) is 0 Å². The summed E-state index contributed by atoms with van der Waals surface area (Å²) in [6.45, 7) is 0. The van der Waals surface area contributed by atoms with Gasteiger partial charge in [-0.25, -0.2) is 4.79 Å². The minimum atomic E-state index is -1.90. The molecule has 0 radical (unpaired) electrons. The van der Waals surface area contributed by atoms with Gasteiger partial charge < -0.3 is 25.6 Å². The molecule has 9 heteroatoms. The highest BCUT2D eigenvalue weighted by molar-refractivity contribution is 6.43. The molecule has 0 saturated heterocycles. The quantitative estimate of drug-likeness (QED) is 0.464. The Bertz CT molecular complexity index is 738. The Morgan fingerprint density at radius 1 is 1.17 bits per heavy atom. The van der Waals surface area contributed by atoms with E-state index in [4.69, 9.17) is 5.11 Å². The number of phenols is 1. The van der Waals surface area contributed by atoms with E-state index in [0.717, 1.165) is 0 Å². The number of carbonyl (C=O) groups excluding carboxylic acids is 1. The van der Waals surface area contributed by atoms with E-state index >= 15 is 0 Å². The van der Waals surface area contributed by atoms with Gasteiger partial charge in [-0.15, -0.1) is 0 Å². The molecule has 1 amide bonds. The predicted molar refractivity (Wildman–Crippen MR) is 84.5 cm³/mol. The summed E-state index contributed by atoms with van der Waals surface area (Å²) in [6, 6.07) is 7.00. The van der Waals surface area contributed by atoms with Crippen LogP contribution in [0.2, 0.25) is 0 Å². The molecule has 0 bridgehead atoms. The van der Waals surface area contributed by atoms with Gasteiger partial charge in [-0.1, -0.05) is 12.1 Å². The lowest BCUT2D eigenvalue weighted by Gasteiger charge is -2.19. The first-order valence-corrected chi connectivity index (χ1v) is 7.01. The van der Waals surface area contributed by atoms with E-state index in [1.807, 2.05) is 0 Å². The minimum Gasteiger partial charge on any atom is -0.507 e. The van der Waals surface area contributed by atoms with Crippen molar-refractivity contribution >= 4 is 19.0 Å². The van der Waals surface area contributed by atoms with E-state index in [1.54, 1.807) is 0 Å². The summed E-state index contributed by atoms with van der Waals surface area (Å²) < 4.78 is 0. The van der Waals surface area contributed by atoms with E-state index in [-0.39, 0.29) is 23.1 Å². The summed E-state index contributed by atoms with van der Waals surface area (Å²) in [7, 11) is -1.90. The number of aromatic hydroxyl groups is 1. The first kappa shape index (κ1) is 17.4. The third-order valence-corrected chi connectivity index (χ3v) is 3.41. The number of carboxylic acid groups (broad SMARTS) is 1. The largest absolute Gasteiger partial charge is 0.507 e. The van der Waals surface area contributed by atoms with Crippen molar-refractivity contribution in [1.29, 1.82) is 0 Å². The van der Waals surface area contributed by atoms with Crippen LogP contribution in [0.25, 0.3) is 0 Å².